The molecule has 0 bridgehead atoms. The van der Waals surface area contributed by atoms with Crippen LogP contribution in [0.25, 0.3) is 0 Å². The van der Waals surface area contributed by atoms with Gasteiger partial charge in [-0.05, 0) is 61.2 Å². The third-order valence-corrected chi connectivity index (χ3v) is 6.88. The van der Waals surface area contributed by atoms with Gasteiger partial charge < -0.3 is 10.6 Å². The fourth-order valence-corrected chi connectivity index (χ4v) is 4.51. The van der Waals surface area contributed by atoms with Crippen molar-refractivity contribution < 1.29 is 18.0 Å². The Bertz CT molecular complexity index is 1270. The van der Waals surface area contributed by atoms with Crippen molar-refractivity contribution in [2.24, 2.45) is 0 Å². The molecule has 0 unspecified atom stereocenters. The van der Waals surface area contributed by atoms with E-state index in [0.29, 0.717) is 11.3 Å². The summed E-state index contributed by atoms with van der Waals surface area (Å²) in [6.45, 7) is 5.41. The first-order valence-corrected chi connectivity index (χ1v) is 11.9. The highest BCUT2D eigenvalue weighted by Gasteiger charge is 2.19. The Hall–Kier alpha value is -3.49. The lowest BCUT2D eigenvalue weighted by Crippen LogP contribution is -2.33. The normalized spacial score (nSPS) is 11.1. The average Bonchev–Trinajstić information content (AvgIpc) is 2.80. The van der Waals surface area contributed by atoms with E-state index in [0.717, 1.165) is 16.7 Å². The molecule has 3 rings (SSSR count). The topological polar surface area (TPSA) is 104 Å². The molecule has 8 heteroatoms. The number of carbonyl (C=O) groups is 2. The highest BCUT2D eigenvalue weighted by molar-refractivity contribution is 7.89. The molecule has 7 nitrogen and oxygen atoms in total. The fraction of sp³-hybridized carbons (Fsp3) is 0.200. The van der Waals surface area contributed by atoms with Crippen LogP contribution in [-0.4, -0.2) is 26.8 Å². The Balaban J connectivity index is 1.66. The summed E-state index contributed by atoms with van der Waals surface area (Å²) in [6, 6.07) is 19.2. The molecule has 0 spiro atoms. The third-order valence-electron chi connectivity index (χ3n) is 5.34. The first-order valence-electron chi connectivity index (χ1n) is 10.5. The van der Waals surface area contributed by atoms with Crippen molar-refractivity contribution in [3.8, 4) is 0 Å². The van der Waals surface area contributed by atoms with Gasteiger partial charge in [-0.3, -0.25) is 9.59 Å². The van der Waals surface area contributed by atoms with Crippen molar-refractivity contribution in [3.05, 3.63) is 94.5 Å². The molecule has 3 N–H and O–H groups in total. The van der Waals surface area contributed by atoms with Gasteiger partial charge in [-0.1, -0.05) is 48.5 Å². The first kappa shape index (κ1) is 24.2. The minimum absolute atomic E-state index is 0.0194. The summed E-state index contributed by atoms with van der Waals surface area (Å²) in [5.74, 6) is -0.910. The number of nitrogens with one attached hydrogen (secondary N) is 3. The molecule has 3 aromatic carbocycles. The minimum atomic E-state index is -3.84. The van der Waals surface area contributed by atoms with Crippen molar-refractivity contribution in [1.82, 2.24) is 10.0 Å². The summed E-state index contributed by atoms with van der Waals surface area (Å²) in [4.78, 5) is 24.9. The molecular formula is C25H27N3O4S. The molecule has 0 saturated carbocycles. The molecule has 0 aromatic heterocycles. The fourth-order valence-electron chi connectivity index (χ4n) is 3.23. The highest BCUT2D eigenvalue weighted by Crippen LogP contribution is 2.19. The SMILES string of the molecule is Cc1ccc(C(=O)NCC(=O)Nc2cccc(C)c2C)cc1S(=O)(=O)NCc1ccccc1. The predicted molar refractivity (Wildman–Crippen MR) is 129 cm³/mol. The van der Waals surface area contributed by atoms with Gasteiger partial charge in [-0.25, -0.2) is 13.1 Å². The molecular weight excluding hydrogens is 438 g/mol. The molecule has 0 fully saturated rings. The number of anilines is 1. The molecule has 3 aromatic rings. The molecule has 0 aliphatic heterocycles. The average molecular weight is 466 g/mol. The first-order chi connectivity index (χ1) is 15.7. The largest absolute Gasteiger partial charge is 0.343 e. The molecule has 0 atom stereocenters. The summed E-state index contributed by atoms with van der Waals surface area (Å²) in [5.41, 5.74) is 4.17. The zero-order valence-corrected chi connectivity index (χ0v) is 19.6. The smallest absolute Gasteiger partial charge is 0.251 e. The molecule has 0 aliphatic carbocycles. The molecule has 0 radical (unpaired) electrons. The van der Waals surface area contributed by atoms with Crippen LogP contribution in [0, 0.1) is 20.8 Å². The summed E-state index contributed by atoms with van der Waals surface area (Å²) in [7, 11) is -3.84. The maximum Gasteiger partial charge on any atom is 0.251 e. The number of benzene rings is 3. The van der Waals surface area contributed by atoms with E-state index in [-0.39, 0.29) is 29.5 Å². The van der Waals surface area contributed by atoms with Gasteiger partial charge in [0.1, 0.15) is 0 Å². The Morgan fingerprint density at radius 1 is 0.848 bits per heavy atom. The third kappa shape index (κ3) is 6.27. The van der Waals surface area contributed by atoms with E-state index >= 15 is 0 Å². The Labute approximate surface area is 194 Å². The summed E-state index contributed by atoms with van der Waals surface area (Å²) >= 11 is 0. The lowest BCUT2D eigenvalue weighted by atomic mass is 10.1. The van der Waals surface area contributed by atoms with E-state index in [2.05, 4.69) is 15.4 Å². The number of rotatable bonds is 8. The number of sulfonamides is 1. The van der Waals surface area contributed by atoms with E-state index in [9.17, 15) is 18.0 Å². The van der Waals surface area contributed by atoms with E-state index < -0.39 is 15.9 Å². The lowest BCUT2D eigenvalue weighted by molar-refractivity contribution is -0.115. The van der Waals surface area contributed by atoms with Gasteiger partial charge >= 0.3 is 0 Å². The maximum absolute atomic E-state index is 12.8. The zero-order chi connectivity index (χ0) is 24.0. The Morgan fingerprint density at radius 2 is 1.58 bits per heavy atom. The van der Waals surface area contributed by atoms with Crippen molar-refractivity contribution >= 4 is 27.5 Å². The molecule has 0 heterocycles. The van der Waals surface area contributed by atoms with Crippen LogP contribution in [0.15, 0.2) is 71.6 Å². The van der Waals surface area contributed by atoms with Crippen molar-refractivity contribution in [1.29, 1.82) is 0 Å². The van der Waals surface area contributed by atoms with Crippen molar-refractivity contribution in [2.75, 3.05) is 11.9 Å². The number of hydrogen-bond donors (Lipinski definition) is 3. The van der Waals surface area contributed by atoms with Gasteiger partial charge in [0.05, 0.1) is 11.4 Å². The van der Waals surface area contributed by atoms with Crippen LogP contribution in [0.1, 0.15) is 32.6 Å². The molecule has 0 saturated heterocycles. The molecule has 0 aliphatic rings. The highest BCUT2D eigenvalue weighted by atomic mass is 32.2. The second-order valence-electron chi connectivity index (χ2n) is 7.77. The zero-order valence-electron chi connectivity index (χ0n) is 18.8. The second-order valence-corrected chi connectivity index (χ2v) is 9.50. The van der Waals surface area contributed by atoms with E-state index in [1.54, 1.807) is 19.1 Å². The van der Waals surface area contributed by atoms with Gasteiger partial charge in [-0.2, -0.15) is 0 Å². The lowest BCUT2D eigenvalue weighted by Gasteiger charge is -2.12. The van der Waals surface area contributed by atoms with Gasteiger partial charge in [-0.15, -0.1) is 0 Å². The van der Waals surface area contributed by atoms with Crippen LogP contribution in [0.5, 0.6) is 0 Å². The van der Waals surface area contributed by atoms with E-state index in [1.807, 2.05) is 56.3 Å². The number of hydrogen-bond acceptors (Lipinski definition) is 4. The van der Waals surface area contributed by atoms with Crippen molar-refractivity contribution in [2.45, 2.75) is 32.2 Å². The van der Waals surface area contributed by atoms with Crippen LogP contribution < -0.4 is 15.4 Å². The second kappa shape index (κ2) is 10.4. The van der Waals surface area contributed by atoms with Crippen LogP contribution in [0.4, 0.5) is 5.69 Å². The Morgan fingerprint density at radius 3 is 2.30 bits per heavy atom. The van der Waals surface area contributed by atoms with Crippen LogP contribution in [0.2, 0.25) is 0 Å². The van der Waals surface area contributed by atoms with E-state index in [1.165, 1.54) is 12.1 Å². The standard InChI is InChI=1S/C25H27N3O4S/c1-17-8-7-11-22(19(17)3)28-24(29)16-26-25(30)21-13-12-18(2)23(14-21)33(31,32)27-15-20-9-5-4-6-10-20/h4-14,27H,15-16H2,1-3H3,(H,26,30)(H,28,29). The summed E-state index contributed by atoms with van der Waals surface area (Å²) < 4.78 is 28.2. The van der Waals surface area contributed by atoms with Gasteiger partial charge in [0.25, 0.3) is 5.91 Å². The molecule has 2 amide bonds. The predicted octanol–water partition coefficient (Wildman–Crippen LogP) is 3.46. The van der Waals surface area contributed by atoms with Crippen LogP contribution in [0.3, 0.4) is 0 Å². The number of aryl methyl sites for hydroxylation is 2. The molecule has 33 heavy (non-hydrogen) atoms. The minimum Gasteiger partial charge on any atom is -0.343 e. The van der Waals surface area contributed by atoms with Crippen LogP contribution >= 0.6 is 0 Å². The van der Waals surface area contributed by atoms with Gasteiger partial charge in [0.2, 0.25) is 15.9 Å². The summed E-state index contributed by atoms with van der Waals surface area (Å²) in [5, 5.41) is 5.32. The quantitative estimate of drug-likeness (QED) is 0.474. The van der Waals surface area contributed by atoms with E-state index in [4.69, 9.17) is 0 Å². The Kier molecular flexibility index (Phi) is 7.63. The maximum atomic E-state index is 12.8. The summed E-state index contributed by atoms with van der Waals surface area (Å²) in [6.07, 6.45) is 0. The van der Waals surface area contributed by atoms with Crippen molar-refractivity contribution in [3.63, 3.8) is 0 Å². The van der Waals surface area contributed by atoms with Gasteiger partial charge in [0.15, 0.2) is 0 Å². The molecule has 172 valence electrons. The number of carbonyl (C=O) groups excluding carboxylic acids is 2. The number of amides is 2. The monoisotopic (exact) mass is 465 g/mol. The van der Waals surface area contributed by atoms with Gasteiger partial charge in [0, 0.05) is 17.8 Å². The van der Waals surface area contributed by atoms with Crippen LogP contribution in [-0.2, 0) is 21.4 Å².